The Morgan fingerprint density at radius 2 is 1.50 bits per heavy atom. The van der Waals surface area contributed by atoms with Crippen LogP contribution in [0.3, 0.4) is 0 Å². The second kappa shape index (κ2) is 5.52. The molecule has 0 radical (unpaired) electrons. The summed E-state index contributed by atoms with van der Waals surface area (Å²) in [7, 11) is 1.22. The summed E-state index contributed by atoms with van der Waals surface area (Å²) in [5, 5.41) is 0. The Labute approximate surface area is 71.0 Å². The first-order valence-electron chi connectivity index (χ1n) is 3.73. The van der Waals surface area contributed by atoms with Crippen molar-refractivity contribution >= 4 is 0 Å². The van der Waals surface area contributed by atoms with E-state index in [4.69, 9.17) is 0 Å². The highest BCUT2D eigenvalue weighted by molar-refractivity contribution is 5.25. The first-order valence-corrected chi connectivity index (χ1v) is 3.73. The van der Waals surface area contributed by atoms with E-state index in [1.165, 1.54) is 13.2 Å². The Hall–Kier alpha value is -1.12. The van der Waals surface area contributed by atoms with Gasteiger partial charge >= 0.3 is 0 Å². The molecule has 0 N–H and O–H groups in total. The third-order valence-corrected chi connectivity index (χ3v) is 1.12. The molecule has 12 heavy (non-hydrogen) atoms. The summed E-state index contributed by atoms with van der Waals surface area (Å²) in [6.07, 6.45) is 0. The lowest BCUT2D eigenvalue weighted by Crippen LogP contribution is -1.90. The molecule has 0 aromatic heterocycles. The Balaban J connectivity index is 0.000000561. The molecule has 3 heteroatoms. The zero-order valence-corrected chi connectivity index (χ0v) is 7.40. The van der Waals surface area contributed by atoms with Crippen LogP contribution in [0, 0.1) is 11.6 Å². The predicted octanol–water partition coefficient (Wildman–Crippen LogP) is 3.00. The van der Waals surface area contributed by atoms with Crippen LogP contribution < -0.4 is 4.74 Å². The number of benzene rings is 1. The molecule has 1 nitrogen and oxygen atoms in total. The molecule has 0 aliphatic heterocycles. The lowest BCUT2D eigenvalue weighted by atomic mass is 10.3. The van der Waals surface area contributed by atoms with Gasteiger partial charge in [0.15, 0.2) is 17.4 Å². The Kier molecular flexibility index (Phi) is 5.00. The van der Waals surface area contributed by atoms with Gasteiger partial charge in [-0.1, -0.05) is 19.9 Å². The third-order valence-electron chi connectivity index (χ3n) is 1.12. The van der Waals surface area contributed by atoms with Crippen LogP contribution in [0.15, 0.2) is 18.2 Å². The minimum Gasteiger partial charge on any atom is -0.491 e. The molecule has 68 valence electrons. The molecule has 1 aromatic carbocycles. The van der Waals surface area contributed by atoms with E-state index in [1.54, 1.807) is 0 Å². The van der Waals surface area contributed by atoms with Gasteiger partial charge in [-0.15, -0.1) is 0 Å². The molecule has 0 spiro atoms. The molecule has 1 rings (SSSR count). The molecule has 0 saturated carbocycles. The summed E-state index contributed by atoms with van der Waals surface area (Å²) in [6, 6.07) is 3.57. The van der Waals surface area contributed by atoms with Crippen LogP contribution in [0.25, 0.3) is 0 Å². The second-order valence-corrected chi connectivity index (χ2v) is 1.75. The van der Waals surface area contributed by atoms with E-state index in [-0.39, 0.29) is 5.75 Å². The van der Waals surface area contributed by atoms with Gasteiger partial charge in [-0.25, -0.2) is 8.78 Å². The van der Waals surface area contributed by atoms with Crippen molar-refractivity contribution in [3.63, 3.8) is 0 Å². The lowest BCUT2D eigenvalue weighted by molar-refractivity contribution is 0.360. The monoisotopic (exact) mass is 174 g/mol. The van der Waals surface area contributed by atoms with Crippen LogP contribution in [0.4, 0.5) is 8.78 Å². The minimum absolute atomic E-state index is 0.331. The highest BCUT2D eigenvalue weighted by atomic mass is 19.1. The van der Waals surface area contributed by atoms with Gasteiger partial charge in [-0.3, -0.25) is 0 Å². The predicted molar refractivity (Wildman–Crippen MR) is 44.3 cm³/mol. The van der Waals surface area contributed by atoms with E-state index in [0.717, 1.165) is 12.1 Å². The van der Waals surface area contributed by atoms with E-state index in [9.17, 15) is 8.78 Å². The van der Waals surface area contributed by atoms with Crippen LogP contribution in [0.2, 0.25) is 0 Å². The quantitative estimate of drug-likeness (QED) is 0.636. The van der Waals surface area contributed by atoms with Gasteiger partial charge in [0, 0.05) is 0 Å². The molecule has 0 bridgehead atoms. The third kappa shape index (κ3) is 2.49. The number of para-hydroxylation sites is 1. The normalized spacial score (nSPS) is 8.42. The van der Waals surface area contributed by atoms with Crippen LogP contribution >= 0.6 is 0 Å². The van der Waals surface area contributed by atoms with E-state index >= 15 is 0 Å². The molecule has 0 atom stereocenters. The largest absolute Gasteiger partial charge is 0.491 e. The van der Waals surface area contributed by atoms with Crippen LogP contribution in [0.1, 0.15) is 13.8 Å². The van der Waals surface area contributed by atoms with Crippen LogP contribution in [-0.4, -0.2) is 7.11 Å². The Morgan fingerprint density at radius 1 is 1.08 bits per heavy atom. The molecular formula is C9H12F2O. The van der Waals surface area contributed by atoms with Crippen molar-refractivity contribution in [3.05, 3.63) is 29.8 Å². The van der Waals surface area contributed by atoms with Gasteiger partial charge < -0.3 is 4.74 Å². The van der Waals surface area contributed by atoms with E-state index in [2.05, 4.69) is 4.74 Å². The number of hydrogen-bond donors (Lipinski definition) is 0. The summed E-state index contributed by atoms with van der Waals surface area (Å²) in [6.45, 7) is 4.00. The molecule has 0 amide bonds. The van der Waals surface area contributed by atoms with Crippen molar-refractivity contribution in [1.82, 2.24) is 0 Å². The zero-order valence-electron chi connectivity index (χ0n) is 7.40. The lowest BCUT2D eigenvalue weighted by Gasteiger charge is -2.00. The molecule has 0 heterocycles. The average molecular weight is 174 g/mol. The first kappa shape index (κ1) is 10.9. The van der Waals surface area contributed by atoms with Crippen molar-refractivity contribution < 1.29 is 13.5 Å². The van der Waals surface area contributed by atoms with Crippen LogP contribution in [-0.2, 0) is 0 Å². The fourth-order valence-corrected chi connectivity index (χ4v) is 0.678. The fraction of sp³-hybridized carbons (Fsp3) is 0.333. The SMILES string of the molecule is CC.COc1c(F)cccc1F. The Morgan fingerprint density at radius 3 is 1.75 bits per heavy atom. The van der Waals surface area contributed by atoms with E-state index in [1.807, 2.05) is 13.8 Å². The van der Waals surface area contributed by atoms with Gasteiger partial charge in [0.1, 0.15) is 0 Å². The standard InChI is InChI=1S/C7H6F2O.C2H6/c1-10-7-5(8)3-2-4-6(7)9;1-2/h2-4H,1H3;1-2H3. The van der Waals surface area contributed by atoms with Crippen LogP contribution in [0.5, 0.6) is 5.75 Å². The van der Waals surface area contributed by atoms with Crippen molar-refractivity contribution in [2.75, 3.05) is 7.11 Å². The molecule has 1 aromatic rings. The summed E-state index contributed by atoms with van der Waals surface area (Å²) in [5.74, 6) is -1.69. The summed E-state index contributed by atoms with van der Waals surface area (Å²) >= 11 is 0. The molecule has 0 aliphatic rings. The molecule has 0 fully saturated rings. The van der Waals surface area contributed by atoms with Crippen molar-refractivity contribution in [2.24, 2.45) is 0 Å². The van der Waals surface area contributed by atoms with Gasteiger partial charge in [-0.05, 0) is 12.1 Å². The first-order chi connectivity index (χ1) is 5.75. The van der Waals surface area contributed by atoms with Gasteiger partial charge in [0.05, 0.1) is 7.11 Å². The summed E-state index contributed by atoms with van der Waals surface area (Å²) in [5.41, 5.74) is 0. The maximum atomic E-state index is 12.5. The number of methoxy groups -OCH3 is 1. The van der Waals surface area contributed by atoms with E-state index in [0.29, 0.717) is 0 Å². The smallest absolute Gasteiger partial charge is 0.190 e. The Bertz CT molecular complexity index is 216. The van der Waals surface area contributed by atoms with Crippen molar-refractivity contribution in [1.29, 1.82) is 0 Å². The number of rotatable bonds is 1. The van der Waals surface area contributed by atoms with Crippen molar-refractivity contribution in [2.45, 2.75) is 13.8 Å². The summed E-state index contributed by atoms with van der Waals surface area (Å²) in [4.78, 5) is 0. The number of ether oxygens (including phenoxy) is 1. The van der Waals surface area contributed by atoms with Gasteiger partial charge in [-0.2, -0.15) is 0 Å². The zero-order chi connectivity index (χ0) is 9.56. The average Bonchev–Trinajstić information content (AvgIpc) is 2.08. The highest BCUT2D eigenvalue weighted by Crippen LogP contribution is 2.19. The molecule has 0 aliphatic carbocycles. The minimum atomic E-state index is -0.678. The van der Waals surface area contributed by atoms with Crippen molar-refractivity contribution in [3.8, 4) is 5.75 Å². The van der Waals surface area contributed by atoms with Gasteiger partial charge in [0.25, 0.3) is 0 Å². The highest BCUT2D eigenvalue weighted by Gasteiger charge is 2.05. The maximum Gasteiger partial charge on any atom is 0.190 e. The second-order valence-electron chi connectivity index (χ2n) is 1.75. The fourth-order valence-electron chi connectivity index (χ4n) is 0.678. The van der Waals surface area contributed by atoms with Gasteiger partial charge in [0.2, 0.25) is 0 Å². The molecule has 0 saturated heterocycles. The molecule has 0 unspecified atom stereocenters. The summed E-state index contributed by atoms with van der Waals surface area (Å²) < 4.78 is 29.4. The number of hydrogen-bond acceptors (Lipinski definition) is 1. The molecular weight excluding hydrogens is 162 g/mol. The maximum absolute atomic E-state index is 12.5. The number of halogens is 2. The van der Waals surface area contributed by atoms with E-state index < -0.39 is 11.6 Å². The topological polar surface area (TPSA) is 9.23 Å².